The molecule has 4 aromatic heterocycles. The van der Waals surface area contributed by atoms with Crippen LogP contribution in [0.4, 0.5) is 4.39 Å². The van der Waals surface area contributed by atoms with Gasteiger partial charge in [-0.05, 0) is 81.9 Å². The summed E-state index contributed by atoms with van der Waals surface area (Å²) in [7, 11) is 0. The van der Waals surface area contributed by atoms with Crippen molar-refractivity contribution in [3.63, 3.8) is 0 Å². The zero-order valence-corrected chi connectivity index (χ0v) is 24.0. The van der Waals surface area contributed by atoms with Crippen molar-refractivity contribution >= 4 is 34.5 Å². The molecule has 2 fully saturated rings. The van der Waals surface area contributed by atoms with E-state index in [0.29, 0.717) is 44.3 Å². The Morgan fingerprint density at radius 3 is 2.54 bits per heavy atom. The summed E-state index contributed by atoms with van der Waals surface area (Å²) in [5.74, 6) is 1.75. The number of carbonyl (C=O) groups excluding carboxylic acids is 1. The maximum absolute atomic E-state index is 14.2. The van der Waals surface area contributed by atoms with Gasteiger partial charge in [-0.15, -0.1) is 0 Å². The van der Waals surface area contributed by atoms with Crippen molar-refractivity contribution < 1.29 is 9.18 Å². The third-order valence-corrected chi connectivity index (χ3v) is 9.55. The van der Waals surface area contributed by atoms with E-state index >= 15 is 0 Å². The van der Waals surface area contributed by atoms with Gasteiger partial charge in [-0.1, -0.05) is 0 Å². The van der Waals surface area contributed by atoms with Gasteiger partial charge < -0.3 is 5.32 Å². The number of amides is 1. The molecule has 1 aliphatic heterocycles. The SMILES string of the molecule is Cc1nc2ncnn2c(C)c1CCC(=O)N[C@H]1CC[C@@H](n2c(=O)c3cc(F)cnc3n(C3CCSCC3)c2=O)CC1. The molecule has 0 aromatic carbocycles. The van der Waals surface area contributed by atoms with Crippen molar-refractivity contribution in [3.8, 4) is 0 Å². The quantitative estimate of drug-likeness (QED) is 0.369. The molecule has 6 rings (SSSR count). The van der Waals surface area contributed by atoms with Crippen molar-refractivity contribution in [2.75, 3.05) is 11.5 Å². The Kier molecular flexibility index (Phi) is 7.62. The molecule has 5 heterocycles. The van der Waals surface area contributed by atoms with Crippen LogP contribution in [0.15, 0.2) is 28.2 Å². The Morgan fingerprint density at radius 2 is 1.78 bits per heavy atom. The summed E-state index contributed by atoms with van der Waals surface area (Å²) in [6.07, 6.45) is 7.43. The van der Waals surface area contributed by atoms with Crippen LogP contribution in [0.5, 0.6) is 0 Å². The molecule has 2 aliphatic rings. The molecule has 41 heavy (non-hydrogen) atoms. The summed E-state index contributed by atoms with van der Waals surface area (Å²) >= 11 is 1.84. The highest BCUT2D eigenvalue weighted by Gasteiger charge is 2.29. The molecule has 0 unspecified atom stereocenters. The van der Waals surface area contributed by atoms with Crippen LogP contribution in [-0.4, -0.2) is 57.2 Å². The smallest absolute Gasteiger partial charge is 0.333 e. The van der Waals surface area contributed by atoms with Crippen LogP contribution in [0.1, 0.15) is 74.0 Å². The average Bonchev–Trinajstić information content (AvgIpc) is 3.43. The number of fused-ring (bicyclic) bond motifs is 2. The lowest BCUT2D eigenvalue weighted by Gasteiger charge is -2.31. The zero-order valence-electron chi connectivity index (χ0n) is 23.2. The largest absolute Gasteiger partial charge is 0.353 e. The second kappa shape index (κ2) is 11.3. The number of carbonyl (C=O) groups is 1. The van der Waals surface area contributed by atoms with Gasteiger partial charge >= 0.3 is 5.69 Å². The van der Waals surface area contributed by atoms with Crippen molar-refractivity contribution in [2.45, 2.75) is 83.3 Å². The predicted molar refractivity (Wildman–Crippen MR) is 154 cm³/mol. The van der Waals surface area contributed by atoms with Crippen LogP contribution in [0.25, 0.3) is 16.8 Å². The monoisotopic (exact) mass is 580 g/mol. The number of rotatable bonds is 6. The average molecular weight is 581 g/mol. The summed E-state index contributed by atoms with van der Waals surface area (Å²) < 4.78 is 18.8. The topological polar surface area (TPSA) is 129 Å². The normalized spacial score (nSPS) is 20.1. The van der Waals surface area contributed by atoms with E-state index in [4.69, 9.17) is 0 Å². The molecule has 1 aliphatic carbocycles. The molecule has 0 bridgehead atoms. The number of pyridine rings is 1. The van der Waals surface area contributed by atoms with Crippen molar-refractivity contribution in [3.05, 3.63) is 62.2 Å². The second-order valence-electron chi connectivity index (χ2n) is 11.0. The molecule has 4 aromatic rings. The molecule has 1 saturated carbocycles. The Labute approximate surface area is 239 Å². The maximum Gasteiger partial charge on any atom is 0.333 e. The van der Waals surface area contributed by atoms with Gasteiger partial charge in [0.05, 0.1) is 11.6 Å². The van der Waals surface area contributed by atoms with Crippen molar-refractivity contribution in [1.82, 2.24) is 39.0 Å². The summed E-state index contributed by atoms with van der Waals surface area (Å²) in [6, 6.07) is 0.773. The van der Waals surface area contributed by atoms with Crippen LogP contribution in [-0.2, 0) is 11.2 Å². The summed E-state index contributed by atoms with van der Waals surface area (Å²) in [4.78, 5) is 52.9. The molecule has 1 amide bonds. The molecule has 0 atom stereocenters. The molecule has 1 saturated heterocycles. The molecule has 13 heteroatoms. The first-order valence-electron chi connectivity index (χ1n) is 14.2. The first-order chi connectivity index (χ1) is 19.8. The molecular formula is C28H33FN8O3S. The number of hydrogen-bond acceptors (Lipinski definition) is 8. The lowest BCUT2D eigenvalue weighted by Crippen LogP contribution is -2.46. The lowest BCUT2D eigenvalue weighted by atomic mass is 9.90. The number of aromatic nitrogens is 7. The Morgan fingerprint density at radius 1 is 1.05 bits per heavy atom. The summed E-state index contributed by atoms with van der Waals surface area (Å²) in [6.45, 7) is 3.86. The third-order valence-electron chi connectivity index (χ3n) is 8.50. The second-order valence-corrected chi connectivity index (χ2v) is 12.2. The van der Waals surface area contributed by atoms with E-state index in [2.05, 4.69) is 25.4 Å². The van der Waals surface area contributed by atoms with Gasteiger partial charge in [0, 0.05) is 35.9 Å². The number of nitrogens with zero attached hydrogens (tertiary/aromatic N) is 7. The first kappa shape index (κ1) is 27.6. The van der Waals surface area contributed by atoms with E-state index in [9.17, 15) is 18.8 Å². The van der Waals surface area contributed by atoms with Crippen molar-refractivity contribution in [1.29, 1.82) is 0 Å². The molecule has 0 radical (unpaired) electrons. The van der Waals surface area contributed by atoms with Crippen LogP contribution in [0.3, 0.4) is 0 Å². The first-order valence-corrected chi connectivity index (χ1v) is 15.3. The minimum absolute atomic E-state index is 0.0373. The minimum atomic E-state index is -0.598. The van der Waals surface area contributed by atoms with Crippen LogP contribution in [0.2, 0.25) is 0 Å². The van der Waals surface area contributed by atoms with E-state index in [1.807, 2.05) is 25.6 Å². The highest BCUT2D eigenvalue weighted by molar-refractivity contribution is 7.99. The molecule has 11 nitrogen and oxygen atoms in total. The standard InChI is InChI=1S/C28H33FN8O3S/c1-16-22(17(2)37-27(33-16)31-15-32-37)7-8-24(38)34-19-3-5-20(6-4-19)36-26(39)23-13-18(29)14-30-25(23)35(28(36)40)21-9-11-41-12-10-21/h13-15,19-21H,3-12H2,1-2H3,(H,34,38)/t19-,20+. The van der Waals surface area contributed by atoms with E-state index in [1.54, 1.807) is 9.08 Å². The van der Waals surface area contributed by atoms with Gasteiger partial charge in [0.2, 0.25) is 5.91 Å². The zero-order chi connectivity index (χ0) is 28.7. The molecule has 216 valence electrons. The third kappa shape index (κ3) is 5.27. The number of thioether (sulfide) groups is 1. The number of hydrogen-bond donors (Lipinski definition) is 1. The molecular weight excluding hydrogens is 547 g/mol. The van der Waals surface area contributed by atoms with Gasteiger partial charge in [-0.25, -0.2) is 23.7 Å². The Hall–Kier alpha value is -3.61. The van der Waals surface area contributed by atoms with E-state index < -0.39 is 11.4 Å². The summed E-state index contributed by atoms with van der Waals surface area (Å²) in [5, 5.41) is 7.49. The van der Waals surface area contributed by atoms with Gasteiger partial charge in [0.15, 0.2) is 0 Å². The van der Waals surface area contributed by atoms with Crippen LogP contribution >= 0.6 is 11.8 Å². The Balaban J connectivity index is 1.16. The fourth-order valence-corrected chi connectivity index (χ4v) is 7.41. The lowest BCUT2D eigenvalue weighted by molar-refractivity contribution is -0.122. The van der Waals surface area contributed by atoms with Gasteiger partial charge in [0.1, 0.15) is 17.8 Å². The fourth-order valence-electron chi connectivity index (χ4n) is 6.33. The van der Waals surface area contributed by atoms with E-state index in [0.717, 1.165) is 47.5 Å². The number of aryl methyl sites for hydroxylation is 2. The van der Waals surface area contributed by atoms with Crippen molar-refractivity contribution in [2.24, 2.45) is 0 Å². The summed E-state index contributed by atoms with van der Waals surface area (Å²) in [5.41, 5.74) is 2.15. The molecule has 1 N–H and O–H groups in total. The van der Waals surface area contributed by atoms with E-state index in [1.165, 1.54) is 17.0 Å². The minimum Gasteiger partial charge on any atom is -0.353 e. The molecule has 0 spiro atoms. The van der Waals surface area contributed by atoms with Crippen LogP contribution < -0.4 is 16.6 Å². The van der Waals surface area contributed by atoms with Crippen LogP contribution in [0, 0.1) is 19.7 Å². The number of nitrogens with one attached hydrogen (secondary N) is 1. The highest BCUT2D eigenvalue weighted by atomic mass is 32.2. The van der Waals surface area contributed by atoms with Gasteiger partial charge in [0.25, 0.3) is 11.3 Å². The highest BCUT2D eigenvalue weighted by Crippen LogP contribution is 2.30. The van der Waals surface area contributed by atoms with Gasteiger partial charge in [-0.2, -0.15) is 21.8 Å². The Bertz CT molecular complexity index is 1730. The fraction of sp³-hybridized carbons (Fsp3) is 0.536. The van der Waals surface area contributed by atoms with Gasteiger partial charge in [-0.3, -0.25) is 18.7 Å². The maximum atomic E-state index is 14.2. The van der Waals surface area contributed by atoms with E-state index in [-0.39, 0.29) is 40.8 Å². The number of halogens is 1. The predicted octanol–water partition coefficient (Wildman–Crippen LogP) is 3.05.